The molecule has 17 heavy (non-hydrogen) atoms. The number of nitrogens with two attached hydrogens (primary N) is 1. The summed E-state index contributed by atoms with van der Waals surface area (Å²) in [5.41, 5.74) is 7.54. The van der Waals surface area contributed by atoms with Gasteiger partial charge >= 0.3 is 0 Å². The normalized spacial score (nSPS) is 19.0. The fourth-order valence-electron chi connectivity index (χ4n) is 2.71. The first-order valence-electron chi connectivity index (χ1n) is 6.31. The van der Waals surface area contributed by atoms with Crippen LogP contribution >= 0.6 is 15.9 Å². The van der Waals surface area contributed by atoms with E-state index in [0.29, 0.717) is 5.92 Å². The van der Waals surface area contributed by atoms with Crippen molar-refractivity contribution < 1.29 is 4.74 Å². The predicted molar refractivity (Wildman–Crippen MR) is 74.2 cm³/mol. The van der Waals surface area contributed by atoms with Gasteiger partial charge in [0.05, 0.1) is 7.11 Å². The fourth-order valence-corrected chi connectivity index (χ4v) is 3.05. The van der Waals surface area contributed by atoms with Crippen molar-refractivity contribution in [3.63, 3.8) is 0 Å². The van der Waals surface area contributed by atoms with Gasteiger partial charge < -0.3 is 10.5 Å². The van der Waals surface area contributed by atoms with Crippen molar-refractivity contribution in [1.29, 1.82) is 0 Å². The second-order valence-electron chi connectivity index (χ2n) is 4.81. The molecule has 0 aliphatic heterocycles. The zero-order valence-electron chi connectivity index (χ0n) is 10.3. The first-order valence-corrected chi connectivity index (χ1v) is 7.10. The Balaban J connectivity index is 2.19. The average Bonchev–Trinajstić information content (AvgIpc) is 2.39. The minimum atomic E-state index is 0.110. The number of halogens is 1. The van der Waals surface area contributed by atoms with Gasteiger partial charge in [-0.25, -0.2) is 0 Å². The van der Waals surface area contributed by atoms with E-state index in [1.165, 1.54) is 32.1 Å². The van der Waals surface area contributed by atoms with Crippen LogP contribution in [0.5, 0.6) is 5.75 Å². The molecule has 94 valence electrons. The Labute approximate surface area is 112 Å². The van der Waals surface area contributed by atoms with E-state index in [1.807, 2.05) is 12.1 Å². The van der Waals surface area contributed by atoms with E-state index in [9.17, 15) is 0 Å². The van der Waals surface area contributed by atoms with Gasteiger partial charge in [0.1, 0.15) is 5.75 Å². The van der Waals surface area contributed by atoms with Crippen molar-refractivity contribution in [1.82, 2.24) is 0 Å². The first-order chi connectivity index (χ1) is 8.22. The van der Waals surface area contributed by atoms with E-state index in [2.05, 4.69) is 22.0 Å². The summed E-state index contributed by atoms with van der Waals surface area (Å²) in [5, 5.41) is 0. The van der Waals surface area contributed by atoms with Gasteiger partial charge in [-0.15, -0.1) is 0 Å². The van der Waals surface area contributed by atoms with Crippen LogP contribution in [0.3, 0.4) is 0 Å². The monoisotopic (exact) mass is 297 g/mol. The lowest BCUT2D eigenvalue weighted by Crippen LogP contribution is -2.24. The Bertz CT molecular complexity index is 374. The molecule has 1 aromatic carbocycles. The molecule has 0 unspecified atom stereocenters. The lowest BCUT2D eigenvalue weighted by Gasteiger charge is -2.28. The van der Waals surface area contributed by atoms with Crippen molar-refractivity contribution in [3.8, 4) is 5.75 Å². The summed E-state index contributed by atoms with van der Waals surface area (Å²) in [6.45, 7) is 0. The van der Waals surface area contributed by atoms with E-state index < -0.39 is 0 Å². The van der Waals surface area contributed by atoms with Crippen molar-refractivity contribution >= 4 is 15.9 Å². The van der Waals surface area contributed by atoms with Crippen LogP contribution in [0.1, 0.15) is 43.7 Å². The number of methoxy groups -OCH3 is 1. The third kappa shape index (κ3) is 3.02. The van der Waals surface area contributed by atoms with E-state index in [-0.39, 0.29) is 6.04 Å². The molecule has 1 atom stereocenters. The fraction of sp³-hybridized carbons (Fsp3) is 0.571. The third-order valence-corrected chi connectivity index (χ3v) is 4.21. The lowest BCUT2D eigenvalue weighted by atomic mass is 9.81. The van der Waals surface area contributed by atoms with E-state index >= 15 is 0 Å². The summed E-state index contributed by atoms with van der Waals surface area (Å²) in [7, 11) is 1.71. The SMILES string of the molecule is COc1cc(Br)ccc1[C@@H](N)C1CCCCC1. The Morgan fingerprint density at radius 1 is 1.29 bits per heavy atom. The van der Waals surface area contributed by atoms with Gasteiger partial charge in [-0.2, -0.15) is 0 Å². The summed E-state index contributed by atoms with van der Waals surface area (Å²) in [6.07, 6.45) is 6.50. The number of hydrogen-bond donors (Lipinski definition) is 1. The molecule has 0 radical (unpaired) electrons. The first kappa shape index (κ1) is 12.9. The van der Waals surface area contributed by atoms with Gasteiger partial charge in [-0.05, 0) is 30.9 Å². The van der Waals surface area contributed by atoms with Crippen LogP contribution < -0.4 is 10.5 Å². The van der Waals surface area contributed by atoms with Crippen LogP contribution in [0, 0.1) is 5.92 Å². The zero-order valence-corrected chi connectivity index (χ0v) is 11.9. The maximum Gasteiger partial charge on any atom is 0.124 e. The molecule has 2 N–H and O–H groups in total. The highest BCUT2D eigenvalue weighted by Gasteiger charge is 2.24. The number of ether oxygens (including phenoxy) is 1. The highest BCUT2D eigenvalue weighted by molar-refractivity contribution is 9.10. The van der Waals surface area contributed by atoms with Crippen molar-refractivity contribution in [3.05, 3.63) is 28.2 Å². The maximum absolute atomic E-state index is 6.40. The molecule has 0 aromatic heterocycles. The minimum absolute atomic E-state index is 0.110. The summed E-state index contributed by atoms with van der Waals surface area (Å²) >= 11 is 3.46. The standard InChI is InChI=1S/C14H20BrNO/c1-17-13-9-11(15)7-8-12(13)14(16)10-5-3-2-4-6-10/h7-10,14H,2-6,16H2,1H3/t14-/m0/s1. The predicted octanol–water partition coefficient (Wildman–Crippen LogP) is 4.04. The quantitative estimate of drug-likeness (QED) is 0.914. The Morgan fingerprint density at radius 2 is 2.00 bits per heavy atom. The molecule has 0 heterocycles. The third-order valence-electron chi connectivity index (χ3n) is 3.71. The molecule has 1 aliphatic rings. The molecule has 1 fully saturated rings. The molecule has 0 spiro atoms. The summed E-state index contributed by atoms with van der Waals surface area (Å²) in [5.74, 6) is 1.51. The van der Waals surface area contributed by atoms with Crippen LogP contribution in [0.4, 0.5) is 0 Å². The summed E-state index contributed by atoms with van der Waals surface area (Å²) in [6, 6.07) is 6.24. The number of rotatable bonds is 3. The van der Waals surface area contributed by atoms with Crippen LogP contribution in [0.25, 0.3) is 0 Å². The molecule has 2 rings (SSSR count). The zero-order chi connectivity index (χ0) is 12.3. The second-order valence-corrected chi connectivity index (χ2v) is 5.73. The van der Waals surface area contributed by atoms with Crippen LogP contribution in [-0.2, 0) is 0 Å². The highest BCUT2D eigenvalue weighted by Crippen LogP contribution is 2.37. The molecule has 0 saturated heterocycles. The van der Waals surface area contributed by atoms with Gasteiger partial charge in [-0.1, -0.05) is 41.3 Å². The Hall–Kier alpha value is -0.540. The highest BCUT2D eigenvalue weighted by atomic mass is 79.9. The topological polar surface area (TPSA) is 35.2 Å². The van der Waals surface area contributed by atoms with Crippen LogP contribution in [-0.4, -0.2) is 7.11 Å². The number of benzene rings is 1. The van der Waals surface area contributed by atoms with E-state index in [1.54, 1.807) is 7.11 Å². The molecule has 1 aromatic rings. The molecular weight excluding hydrogens is 278 g/mol. The summed E-state index contributed by atoms with van der Waals surface area (Å²) in [4.78, 5) is 0. The average molecular weight is 298 g/mol. The largest absolute Gasteiger partial charge is 0.496 e. The van der Waals surface area contributed by atoms with Crippen LogP contribution in [0.15, 0.2) is 22.7 Å². The second kappa shape index (κ2) is 5.87. The molecule has 1 saturated carbocycles. The van der Waals surface area contributed by atoms with Crippen molar-refractivity contribution in [2.24, 2.45) is 11.7 Å². The molecule has 1 aliphatic carbocycles. The summed E-state index contributed by atoms with van der Waals surface area (Å²) < 4.78 is 6.46. The van der Waals surface area contributed by atoms with Gasteiger partial charge in [0, 0.05) is 16.1 Å². The van der Waals surface area contributed by atoms with Crippen molar-refractivity contribution in [2.75, 3.05) is 7.11 Å². The molecule has 3 heteroatoms. The smallest absolute Gasteiger partial charge is 0.124 e. The maximum atomic E-state index is 6.40. The lowest BCUT2D eigenvalue weighted by molar-refractivity contribution is 0.301. The Morgan fingerprint density at radius 3 is 2.65 bits per heavy atom. The van der Waals surface area contributed by atoms with Gasteiger partial charge in [0.15, 0.2) is 0 Å². The van der Waals surface area contributed by atoms with Gasteiger partial charge in [-0.3, -0.25) is 0 Å². The molecule has 2 nitrogen and oxygen atoms in total. The Kier molecular flexibility index (Phi) is 4.46. The van der Waals surface area contributed by atoms with Gasteiger partial charge in [0.25, 0.3) is 0 Å². The van der Waals surface area contributed by atoms with Gasteiger partial charge in [0.2, 0.25) is 0 Å². The molecule has 0 bridgehead atoms. The molecule has 0 amide bonds. The number of hydrogen-bond acceptors (Lipinski definition) is 2. The molecular formula is C14H20BrNO. The van der Waals surface area contributed by atoms with E-state index in [0.717, 1.165) is 15.8 Å². The minimum Gasteiger partial charge on any atom is -0.496 e. The van der Waals surface area contributed by atoms with Crippen LogP contribution in [0.2, 0.25) is 0 Å². The van der Waals surface area contributed by atoms with Crippen molar-refractivity contribution in [2.45, 2.75) is 38.1 Å². The van der Waals surface area contributed by atoms with E-state index in [4.69, 9.17) is 10.5 Å².